The topological polar surface area (TPSA) is 134 Å². The van der Waals surface area contributed by atoms with Crippen LogP contribution >= 0.6 is 0 Å². The molecule has 0 saturated carbocycles. The molecule has 2 aromatic carbocycles. The molecule has 1 fully saturated rings. The van der Waals surface area contributed by atoms with E-state index in [-0.39, 0.29) is 44.8 Å². The Bertz CT molecular complexity index is 1570. The fourth-order valence-electron chi connectivity index (χ4n) is 5.72. The van der Waals surface area contributed by atoms with Crippen LogP contribution in [0.5, 0.6) is 0 Å². The number of alkyl carbamates (subject to hydrolysis) is 1. The molecule has 1 spiro atoms. The summed E-state index contributed by atoms with van der Waals surface area (Å²) in [5, 5.41) is 5.21. The summed E-state index contributed by atoms with van der Waals surface area (Å²) in [5.41, 5.74) is -7.40. The Morgan fingerprint density at radius 1 is 0.936 bits per heavy atom. The highest BCUT2D eigenvalue weighted by atomic mass is 32.2. The molecule has 2 N–H and O–H groups in total. The fourth-order valence-corrected chi connectivity index (χ4v) is 6.81. The first kappa shape index (κ1) is 36.0. The van der Waals surface area contributed by atoms with Crippen molar-refractivity contribution in [1.82, 2.24) is 15.5 Å². The highest BCUT2D eigenvalue weighted by Crippen LogP contribution is 2.49. The van der Waals surface area contributed by atoms with Crippen molar-refractivity contribution in [2.75, 3.05) is 30.5 Å². The van der Waals surface area contributed by atoms with Gasteiger partial charge in [-0.3, -0.25) is 13.9 Å². The average molecular weight is 683 g/mol. The summed E-state index contributed by atoms with van der Waals surface area (Å²) in [6.07, 6.45) is -0.436. The van der Waals surface area contributed by atoms with Gasteiger partial charge in [-0.2, -0.15) is 21.6 Å². The maximum absolute atomic E-state index is 13.9. The van der Waals surface area contributed by atoms with Crippen LogP contribution < -0.4 is 14.9 Å². The molecule has 0 aliphatic carbocycles. The lowest BCUT2D eigenvalue weighted by Gasteiger charge is -2.41. The SMILES string of the molecule is CC(C)(C)OC(=O)NC(C)(C)C(=O)N[C@H](COCc1ccccc1)C(=O)N1CCC2(CC1)CN(S(=O)(=O)C(F)(F)F)c1ccccc12. The van der Waals surface area contributed by atoms with Crippen LogP contribution in [0, 0.1) is 0 Å². The number of ether oxygens (including phenoxy) is 2. The van der Waals surface area contributed by atoms with Crippen molar-refractivity contribution < 1.29 is 45.4 Å². The van der Waals surface area contributed by atoms with Gasteiger partial charge in [0, 0.05) is 25.0 Å². The number of hydrogen-bond donors (Lipinski definition) is 2. The highest BCUT2D eigenvalue weighted by molar-refractivity contribution is 7.93. The first-order valence-electron chi connectivity index (χ1n) is 15.2. The number of alkyl halides is 3. The quantitative estimate of drug-likeness (QED) is 0.405. The lowest BCUT2D eigenvalue weighted by Crippen LogP contribution is -2.61. The lowest BCUT2D eigenvalue weighted by atomic mass is 9.74. The molecule has 1 saturated heterocycles. The normalized spacial score (nSPS) is 17.2. The number of likely N-dealkylation sites (tertiary alicyclic amines) is 1. The van der Waals surface area contributed by atoms with Gasteiger partial charge in [0.25, 0.3) is 0 Å². The van der Waals surface area contributed by atoms with Crippen molar-refractivity contribution in [2.24, 2.45) is 0 Å². The Kier molecular flexibility index (Phi) is 10.2. The molecule has 3 amide bonds. The first-order valence-corrected chi connectivity index (χ1v) is 16.6. The molecule has 0 unspecified atom stereocenters. The number of nitrogens with zero attached hydrogens (tertiary/aromatic N) is 2. The average Bonchev–Trinajstić information content (AvgIpc) is 3.29. The molecule has 11 nitrogen and oxygen atoms in total. The number of para-hydroxylation sites is 1. The third kappa shape index (κ3) is 8.18. The van der Waals surface area contributed by atoms with Crippen LogP contribution in [0.1, 0.15) is 58.6 Å². The minimum absolute atomic E-state index is 0.0243. The van der Waals surface area contributed by atoms with Crippen LogP contribution in [-0.2, 0) is 41.1 Å². The van der Waals surface area contributed by atoms with Crippen LogP contribution in [0.15, 0.2) is 54.6 Å². The van der Waals surface area contributed by atoms with E-state index < -0.39 is 62.6 Å². The maximum atomic E-state index is 13.9. The molecular formula is C32H41F3N4O7S. The number of carbonyl (C=O) groups is 3. The van der Waals surface area contributed by atoms with Crippen molar-refractivity contribution in [3.05, 3.63) is 65.7 Å². The Balaban J connectivity index is 1.50. The number of carbonyl (C=O) groups excluding carboxylic acids is 3. The number of piperidine rings is 1. The smallest absolute Gasteiger partial charge is 0.444 e. The predicted octanol–water partition coefficient (Wildman–Crippen LogP) is 4.22. The maximum Gasteiger partial charge on any atom is 0.516 e. The summed E-state index contributed by atoms with van der Waals surface area (Å²) in [6.45, 7) is 7.70. The highest BCUT2D eigenvalue weighted by Gasteiger charge is 2.56. The number of halogens is 3. The summed E-state index contributed by atoms with van der Waals surface area (Å²) in [4.78, 5) is 41.2. The zero-order chi connectivity index (χ0) is 34.8. The number of anilines is 1. The fraction of sp³-hybridized carbons (Fsp3) is 0.531. The molecule has 15 heteroatoms. The first-order chi connectivity index (χ1) is 21.8. The third-order valence-corrected chi connectivity index (χ3v) is 9.68. The molecular weight excluding hydrogens is 641 g/mol. The number of benzene rings is 2. The number of rotatable bonds is 9. The molecule has 2 aliphatic rings. The predicted molar refractivity (Wildman–Crippen MR) is 168 cm³/mol. The summed E-state index contributed by atoms with van der Waals surface area (Å²) < 4.78 is 77.2. The minimum Gasteiger partial charge on any atom is -0.444 e. The molecule has 0 bridgehead atoms. The molecule has 0 radical (unpaired) electrons. The van der Waals surface area contributed by atoms with E-state index in [0.29, 0.717) is 9.87 Å². The summed E-state index contributed by atoms with van der Waals surface area (Å²) >= 11 is 0. The van der Waals surface area contributed by atoms with Gasteiger partial charge in [-0.25, -0.2) is 4.79 Å². The van der Waals surface area contributed by atoms with E-state index in [2.05, 4.69) is 10.6 Å². The van der Waals surface area contributed by atoms with E-state index >= 15 is 0 Å². The second kappa shape index (κ2) is 13.3. The van der Waals surface area contributed by atoms with Gasteiger partial charge >= 0.3 is 21.6 Å². The van der Waals surface area contributed by atoms with Crippen LogP contribution in [0.2, 0.25) is 0 Å². The largest absolute Gasteiger partial charge is 0.516 e. The van der Waals surface area contributed by atoms with Gasteiger partial charge in [-0.1, -0.05) is 48.5 Å². The number of nitrogens with one attached hydrogen (secondary N) is 2. The monoisotopic (exact) mass is 682 g/mol. The Morgan fingerprint density at radius 2 is 1.53 bits per heavy atom. The molecule has 47 heavy (non-hydrogen) atoms. The molecule has 0 aromatic heterocycles. The van der Waals surface area contributed by atoms with E-state index in [1.807, 2.05) is 30.3 Å². The van der Waals surface area contributed by atoms with E-state index in [1.54, 1.807) is 32.9 Å². The Labute approximate surface area is 272 Å². The molecule has 1 atom stereocenters. The van der Waals surface area contributed by atoms with E-state index in [0.717, 1.165) is 5.56 Å². The van der Waals surface area contributed by atoms with Gasteiger partial charge in [-0.15, -0.1) is 0 Å². The summed E-state index contributed by atoms with van der Waals surface area (Å²) in [7, 11) is -5.64. The summed E-state index contributed by atoms with van der Waals surface area (Å²) in [6, 6.07) is 14.1. The third-order valence-electron chi connectivity index (χ3n) is 8.19. The van der Waals surface area contributed by atoms with Crippen LogP contribution in [0.4, 0.5) is 23.7 Å². The van der Waals surface area contributed by atoms with Gasteiger partial charge in [0.15, 0.2) is 0 Å². The van der Waals surface area contributed by atoms with Crippen molar-refractivity contribution >= 4 is 33.6 Å². The van der Waals surface area contributed by atoms with E-state index in [9.17, 15) is 36.0 Å². The zero-order valence-corrected chi connectivity index (χ0v) is 27.8. The lowest BCUT2D eigenvalue weighted by molar-refractivity contribution is -0.141. The number of sulfonamides is 1. The number of amides is 3. The van der Waals surface area contributed by atoms with Crippen molar-refractivity contribution in [1.29, 1.82) is 0 Å². The van der Waals surface area contributed by atoms with Crippen LogP contribution in [0.3, 0.4) is 0 Å². The number of hydrogen-bond acceptors (Lipinski definition) is 7. The second-order valence-corrected chi connectivity index (χ2v) is 15.2. The van der Waals surface area contributed by atoms with Crippen molar-refractivity contribution in [3.63, 3.8) is 0 Å². The zero-order valence-electron chi connectivity index (χ0n) is 27.0. The Hall–Kier alpha value is -3.85. The van der Waals surface area contributed by atoms with E-state index in [4.69, 9.17) is 9.47 Å². The van der Waals surface area contributed by atoms with Crippen molar-refractivity contribution in [2.45, 2.75) is 82.2 Å². The van der Waals surface area contributed by atoms with Crippen LogP contribution in [0.25, 0.3) is 0 Å². The van der Waals surface area contributed by atoms with Gasteiger partial charge in [-0.05, 0) is 64.7 Å². The van der Waals surface area contributed by atoms with Gasteiger partial charge < -0.3 is 25.0 Å². The second-order valence-electron chi connectivity index (χ2n) is 13.4. The van der Waals surface area contributed by atoms with Gasteiger partial charge in [0.2, 0.25) is 11.8 Å². The summed E-state index contributed by atoms with van der Waals surface area (Å²) in [5.74, 6) is -1.16. The van der Waals surface area contributed by atoms with Gasteiger partial charge in [0.05, 0.1) is 18.9 Å². The number of fused-ring (bicyclic) bond motifs is 2. The molecule has 4 rings (SSSR count). The minimum atomic E-state index is -5.64. The molecule has 2 aliphatic heterocycles. The molecule has 2 heterocycles. The van der Waals surface area contributed by atoms with Gasteiger partial charge in [0.1, 0.15) is 17.2 Å². The molecule has 258 valence electrons. The molecule has 2 aromatic rings. The van der Waals surface area contributed by atoms with Crippen LogP contribution in [-0.4, -0.2) is 80.2 Å². The standard InChI is InChI=1S/C32H41F3N4O7S/c1-29(2,3)46-28(42)37-30(4,5)27(41)36-24(20-45-19-22-11-7-6-8-12-22)26(40)38-17-15-31(16-18-38)21-39(47(43,44)32(33,34)35)25-14-10-9-13-23(25)31/h6-14,24H,15-21H2,1-5H3,(H,36,41)(H,37,42)/t24-/m1/s1. The van der Waals surface area contributed by atoms with Crippen molar-refractivity contribution in [3.8, 4) is 0 Å². The Morgan fingerprint density at radius 3 is 2.13 bits per heavy atom. The van der Waals surface area contributed by atoms with E-state index in [1.165, 1.54) is 30.9 Å².